The molecule has 0 unspecified atom stereocenters. The molecular formula is C8H10N4. The van der Waals surface area contributed by atoms with Gasteiger partial charge >= 0.3 is 0 Å². The van der Waals surface area contributed by atoms with Gasteiger partial charge in [-0.05, 0) is 13.0 Å². The second kappa shape index (κ2) is 3.61. The zero-order valence-corrected chi connectivity index (χ0v) is 6.94. The van der Waals surface area contributed by atoms with Gasteiger partial charge in [-0.3, -0.25) is 0 Å². The van der Waals surface area contributed by atoms with Gasteiger partial charge in [0.2, 0.25) is 0 Å². The van der Waals surface area contributed by atoms with Gasteiger partial charge in [-0.15, -0.1) is 0 Å². The van der Waals surface area contributed by atoms with E-state index in [-0.39, 0.29) is 0 Å². The average Bonchev–Trinajstić information content (AvgIpc) is 2.47. The quantitative estimate of drug-likeness (QED) is 0.488. The van der Waals surface area contributed by atoms with E-state index < -0.39 is 0 Å². The number of hydrogen-bond acceptors (Lipinski definition) is 3. The summed E-state index contributed by atoms with van der Waals surface area (Å²) in [6.07, 6.45) is 3.31. The van der Waals surface area contributed by atoms with Crippen LogP contribution in [-0.2, 0) is 0 Å². The highest BCUT2D eigenvalue weighted by molar-refractivity contribution is 6.00. The van der Waals surface area contributed by atoms with Crippen molar-refractivity contribution in [1.82, 2.24) is 9.78 Å². The molecule has 0 saturated carbocycles. The molecule has 1 aromatic rings. The van der Waals surface area contributed by atoms with Crippen molar-refractivity contribution < 1.29 is 0 Å². The van der Waals surface area contributed by atoms with Crippen molar-refractivity contribution in [2.24, 2.45) is 10.2 Å². The van der Waals surface area contributed by atoms with Crippen molar-refractivity contribution in [1.29, 1.82) is 0 Å². The number of allylic oxidation sites excluding steroid dienone is 1. The second-order valence-corrected chi connectivity index (χ2v) is 2.28. The van der Waals surface area contributed by atoms with Crippen LogP contribution in [0.4, 0.5) is 0 Å². The molecule has 0 amide bonds. The minimum Gasteiger partial charge on any atom is -0.240 e. The summed E-state index contributed by atoms with van der Waals surface area (Å²) in [7, 11) is 0. The molecule has 0 atom stereocenters. The van der Waals surface area contributed by atoms with Crippen LogP contribution in [0.25, 0.3) is 5.70 Å². The van der Waals surface area contributed by atoms with Crippen LogP contribution < -0.4 is 0 Å². The first-order valence-electron chi connectivity index (χ1n) is 3.44. The Morgan fingerprint density at radius 2 is 2.50 bits per heavy atom. The van der Waals surface area contributed by atoms with Crippen molar-refractivity contribution in [3.8, 4) is 0 Å². The molecule has 1 rings (SSSR count). The summed E-state index contributed by atoms with van der Waals surface area (Å²) in [4.78, 5) is 0. The van der Waals surface area contributed by atoms with E-state index >= 15 is 0 Å². The maximum Gasteiger partial charge on any atom is 0.0775 e. The smallest absolute Gasteiger partial charge is 0.0775 e. The summed E-state index contributed by atoms with van der Waals surface area (Å²) < 4.78 is 1.63. The van der Waals surface area contributed by atoms with Crippen molar-refractivity contribution in [2.45, 2.75) is 6.92 Å². The first-order chi connectivity index (χ1) is 5.74. The number of hydrogen-bond donors (Lipinski definition) is 0. The molecule has 0 aliphatic rings. The van der Waals surface area contributed by atoms with Gasteiger partial charge in [0, 0.05) is 12.9 Å². The summed E-state index contributed by atoms with van der Waals surface area (Å²) in [6, 6.07) is 1.89. The highest BCUT2D eigenvalue weighted by atomic mass is 15.3. The molecule has 0 saturated heterocycles. The van der Waals surface area contributed by atoms with Gasteiger partial charge in [0.15, 0.2) is 0 Å². The number of nitrogens with zero attached hydrogens (tertiary/aromatic N) is 4. The Bertz CT molecular complexity index is 322. The van der Waals surface area contributed by atoms with Crippen LogP contribution in [-0.4, -0.2) is 22.7 Å². The molecule has 62 valence electrons. The van der Waals surface area contributed by atoms with Gasteiger partial charge < -0.3 is 0 Å². The van der Waals surface area contributed by atoms with E-state index in [1.165, 1.54) is 6.21 Å². The maximum atomic E-state index is 4.13. The van der Waals surface area contributed by atoms with Gasteiger partial charge in [0.1, 0.15) is 0 Å². The van der Waals surface area contributed by atoms with E-state index in [1.54, 1.807) is 4.68 Å². The molecule has 1 heterocycles. The topological polar surface area (TPSA) is 42.5 Å². The summed E-state index contributed by atoms with van der Waals surface area (Å²) in [5, 5.41) is 11.0. The van der Waals surface area contributed by atoms with Crippen molar-refractivity contribution >= 4 is 18.6 Å². The van der Waals surface area contributed by atoms with E-state index in [9.17, 15) is 0 Å². The number of rotatable bonds is 3. The lowest BCUT2D eigenvalue weighted by atomic mass is 10.5. The highest BCUT2D eigenvalue weighted by Crippen LogP contribution is 1.98. The Morgan fingerprint density at radius 1 is 1.75 bits per heavy atom. The van der Waals surface area contributed by atoms with E-state index in [4.69, 9.17) is 0 Å². The molecule has 0 spiro atoms. The lowest BCUT2D eigenvalue weighted by Gasteiger charge is -1.95. The first-order valence-corrected chi connectivity index (χ1v) is 3.44. The van der Waals surface area contributed by atoms with E-state index in [0.717, 1.165) is 5.69 Å². The largest absolute Gasteiger partial charge is 0.240 e. The SMILES string of the molecule is C=N/N=C\C(=C)n1ccc(C)n1. The highest BCUT2D eigenvalue weighted by Gasteiger charge is 1.94. The zero-order chi connectivity index (χ0) is 8.97. The van der Waals surface area contributed by atoms with E-state index in [1.807, 2.05) is 19.2 Å². The Kier molecular flexibility index (Phi) is 2.53. The molecule has 0 bridgehead atoms. The van der Waals surface area contributed by atoms with Crippen molar-refractivity contribution in [3.63, 3.8) is 0 Å². The van der Waals surface area contributed by atoms with Crippen LogP contribution in [0.5, 0.6) is 0 Å². The maximum absolute atomic E-state index is 4.13. The fourth-order valence-corrected chi connectivity index (χ4v) is 0.742. The third-order valence-electron chi connectivity index (χ3n) is 1.31. The van der Waals surface area contributed by atoms with Gasteiger partial charge in [0.25, 0.3) is 0 Å². The van der Waals surface area contributed by atoms with Gasteiger partial charge in [-0.1, -0.05) is 6.58 Å². The van der Waals surface area contributed by atoms with Crippen LogP contribution in [0.2, 0.25) is 0 Å². The van der Waals surface area contributed by atoms with E-state index in [0.29, 0.717) is 5.70 Å². The second-order valence-electron chi connectivity index (χ2n) is 2.28. The standard InChI is InChI=1S/C8H10N4/c1-7-4-5-12(11-7)8(2)6-10-9-3/h4-6H,2-3H2,1H3/b10-6-. The average molecular weight is 162 g/mol. The fourth-order valence-electron chi connectivity index (χ4n) is 0.742. The lowest BCUT2D eigenvalue weighted by molar-refractivity contribution is 0.899. The van der Waals surface area contributed by atoms with Crippen LogP contribution in [0, 0.1) is 6.92 Å². The third kappa shape index (κ3) is 1.88. The summed E-state index contributed by atoms with van der Waals surface area (Å²) in [5.74, 6) is 0. The summed E-state index contributed by atoms with van der Waals surface area (Å²) >= 11 is 0. The Morgan fingerprint density at radius 3 is 3.00 bits per heavy atom. The van der Waals surface area contributed by atoms with Gasteiger partial charge in [-0.25, -0.2) is 4.68 Å². The monoisotopic (exact) mass is 162 g/mol. The number of aromatic nitrogens is 2. The van der Waals surface area contributed by atoms with Crippen molar-refractivity contribution in [2.75, 3.05) is 0 Å². The minimum atomic E-state index is 0.663. The predicted molar refractivity (Wildman–Crippen MR) is 50.3 cm³/mol. The summed E-state index contributed by atoms with van der Waals surface area (Å²) in [6.45, 7) is 8.86. The lowest BCUT2D eigenvalue weighted by Crippen LogP contribution is -1.97. The molecule has 0 fully saturated rings. The Labute approximate surface area is 70.9 Å². The molecule has 12 heavy (non-hydrogen) atoms. The molecule has 0 aliphatic carbocycles. The molecule has 0 N–H and O–H groups in total. The zero-order valence-electron chi connectivity index (χ0n) is 6.94. The van der Waals surface area contributed by atoms with Gasteiger partial charge in [-0.2, -0.15) is 15.3 Å². The van der Waals surface area contributed by atoms with Crippen molar-refractivity contribution in [3.05, 3.63) is 24.5 Å². The predicted octanol–water partition coefficient (Wildman–Crippen LogP) is 1.35. The summed E-state index contributed by atoms with van der Waals surface area (Å²) in [5.41, 5.74) is 1.60. The van der Waals surface area contributed by atoms with E-state index in [2.05, 4.69) is 28.6 Å². The molecule has 4 heteroatoms. The first kappa shape index (κ1) is 8.39. The van der Waals surface area contributed by atoms with Crippen LogP contribution in [0.1, 0.15) is 5.69 Å². The van der Waals surface area contributed by atoms with Crippen LogP contribution in [0.3, 0.4) is 0 Å². The molecule has 0 aliphatic heterocycles. The molecule has 0 aromatic carbocycles. The molecule has 0 radical (unpaired) electrons. The minimum absolute atomic E-state index is 0.663. The molecule has 4 nitrogen and oxygen atoms in total. The molecular weight excluding hydrogens is 152 g/mol. The Balaban J connectivity index is 2.78. The van der Waals surface area contributed by atoms with Gasteiger partial charge in [0.05, 0.1) is 17.6 Å². The van der Waals surface area contributed by atoms with Crippen LogP contribution in [0.15, 0.2) is 29.0 Å². The third-order valence-corrected chi connectivity index (χ3v) is 1.31. The Hall–Kier alpha value is -1.71. The number of aryl methyl sites for hydroxylation is 1. The van der Waals surface area contributed by atoms with Crippen LogP contribution >= 0.6 is 0 Å². The fraction of sp³-hybridized carbons (Fsp3) is 0.125. The molecule has 1 aromatic heterocycles. The normalized spacial score (nSPS) is 10.4.